The van der Waals surface area contributed by atoms with E-state index < -0.39 is 10.2 Å². The predicted octanol–water partition coefficient (Wildman–Crippen LogP) is -0.0126. The van der Waals surface area contributed by atoms with Crippen molar-refractivity contribution < 1.29 is 13.2 Å². The van der Waals surface area contributed by atoms with E-state index in [2.05, 4.69) is 4.72 Å². The summed E-state index contributed by atoms with van der Waals surface area (Å²) in [6.45, 7) is 1.87. The molecule has 0 unspecified atom stereocenters. The summed E-state index contributed by atoms with van der Waals surface area (Å²) in [7, 11) is -3.46. The van der Waals surface area contributed by atoms with Gasteiger partial charge in [-0.05, 0) is 5.56 Å². The van der Waals surface area contributed by atoms with Crippen LogP contribution in [-0.4, -0.2) is 44.0 Å². The fourth-order valence-corrected chi connectivity index (χ4v) is 3.14. The lowest BCUT2D eigenvalue weighted by atomic mass is 10.1. The molecule has 2 rings (SSSR count). The van der Waals surface area contributed by atoms with Crippen LogP contribution in [0, 0.1) is 0 Å². The maximum atomic E-state index is 12.1. The first-order chi connectivity index (χ1) is 9.49. The molecule has 1 aromatic carbocycles. The maximum Gasteiger partial charge on any atom is 0.279 e. The second kappa shape index (κ2) is 6.59. The fourth-order valence-electron chi connectivity index (χ4n) is 1.84. The van der Waals surface area contributed by atoms with Gasteiger partial charge in [-0.15, -0.1) is 0 Å². The van der Waals surface area contributed by atoms with Gasteiger partial charge in [0.15, 0.2) is 0 Å². The SMILES string of the molecule is NC(=S)c1ccc(CNS(=O)(=O)N2CCOCC2)cc1. The van der Waals surface area contributed by atoms with Crippen molar-refractivity contribution in [3.63, 3.8) is 0 Å². The van der Waals surface area contributed by atoms with Crippen LogP contribution in [0.3, 0.4) is 0 Å². The van der Waals surface area contributed by atoms with E-state index in [4.69, 9.17) is 22.7 Å². The largest absolute Gasteiger partial charge is 0.389 e. The Labute approximate surface area is 124 Å². The summed E-state index contributed by atoms with van der Waals surface area (Å²) in [6.07, 6.45) is 0. The van der Waals surface area contributed by atoms with Crippen molar-refractivity contribution in [1.82, 2.24) is 9.03 Å². The van der Waals surface area contributed by atoms with Crippen LogP contribution < -0.4 is 10.5 Å². The van der Waals surface area contributed by atoms with Crippen LogP contribution in [0.25, 0.3) is 0 Å². The summed E-state index contributed by atoms with van der Waals surface area (Å²) in [5, 5.41) is 0. The Morgan fingerprint density at radius 3 is 2.45 bits per heavy atom. The topological polar surface area (TPSA) is 84.7 Å². The lowest BCUT2D eigenvalue weighted by Crippen LogP contribution is -2.46. The van der Waals surface area contributed by atoms with Crippen LogP contribution in [0.5, 0.6) is 0 Å². The van der Waals surface area contributed by atoms with E-state index >= 15 is 0 Å². The number of rotatable bonds is 5. The molecule has 0 aromatic heterocycles. The summed E-state index contributed by atoms with van der Waals surface area (Å²) in [5.74, 6) is 0. The van der Waals surface area contributed by atoms with Gasteiger partial charge in [-0.2, -0.15) is 17.4 Å². The van der Waals surface area contributed by atoms with Gasteiger partial charge in [0.05, 0.1) is 13.2 Å². The summed E-state index contributed by atoms with van der Waals surface area (Å²) in [6, 6.07) is 7.16. The number of nitrogens with two attached hydrogens (primary N) is 1. The second-order valence-electron chi connectivity index (χ2n) is 4.40. The second-order valence-corrected chi connectivity index (χ2v) is 6.59. The number of benzene rings is 1. The minimum absolute atomic E-state index is 0.233. The van der Waals surface area contributed by atoms with Crippen molar-refractivity contribution in [3.05, 3.63) is 35.4 Å². The summed E-state index contributed by atoms with van der Waals surface area (Å²) in [4.78, 5) is 0.324. The van der Waals surface area contributed by atoms with Crippen molar-refractivity contribution in [3.8, 4) is 0 Å². The molecule has 1 aromatic rings. The summed E-state index contributed by atoms with van der Waals surface area (Å²) < 4.78 is 33.2. The Morgan fingerprint density at radius 2 is 1.90 bits per heavy atom. The van der Waals surface area contributed by atoms with Crippen LogP contribution in [0.1, 0.15) is 11.1 Å². The number of thiocarbonyl (C=S) groups is 1. The van der Waals surface area contributed by atoms with Gasteiger partial charge in [0, 0.05) is 25.2 Å². The molecule has 1 heterocycles. The third-order valence-corrected chi connectivity index (χ3v) is 4.80. The van der Waals surface area contributed by atoms with E-state index in [0.717, 1.165) is 11.1 Å². The quantitative estimate of drug-likeness (QED) is 0.747. The fraction of sp³-hybridized carbons (Fsp3) is 0.417. The van der Waals surface area contributed by atoms with Crippen molar-refractivity contribution in [1.29, 1.82) is 0 Å². The van der Waals surface area contributed by atoms with Crippen LogP contribution in [0.15, 0.2) is 24.3 Å². The molecule has 1 fully saturated rings. The first kappa shape index (κ1) is 15.3. The molecule has 1 saturated heterocycles. The average Bonchev–Trinajstić information content (AvgIpc) is 2.46. The Kier molecular flexibility index (Phi) is 5.06. The van der Waals surface area contributed by atoms with Gasteiger partial charge in [-0.3, -0.25) is 0 Å². The van der Waals surface area contributed by atoms with E-state index in [9.17, 15) is 8.42 Å². The monoisotopic (exact) mass is 315 g/mol. The van der Waals surface area contributed by atoms with E-state index in [1.165, 1.54) is 4.31 Å². The maximum absolute atomic E-state index is 12.1. The highest BCUT2D eigenvalue weighted by molar-refractivity contribution is 7.87. The standard InChI is InChI=1S/C12H17N3O3S2/c13-12(19)11-3-1-10(2-4-11)9-14-20(16,17)15-5-7-18-8-6-15/h1-4,14H,5-9H2,(H2,13,19). The van der Waals surface area contributed by atoms with Gasteiger partial charge >= 0.3 is 0 Å². The van der Waals surface area contributed by atoms with E-state index in [0.29, 0.717) is 31.3 Å². The van der Waals surface area contributed by atoms with Gasteiger partial charge in [0.2, 0.25) is 0 Å². The highest BCUT2D eigenvalue weighted by Gasteiger charge is 2.23. The normalized spacial score (nSPS) is 17.0. The Morgan fingerprint density at radius 1 is 1.30 bits per heavy atom. The van der Waals surface area contributed by atoms with Gasteiger partial charge < -0.3 is 10.5 Å². The molecular formula is C12H17N3O3S2. The smallest absolute Gasteiger partial charge is 0.279 e. The molecule has 1 aliphatic heterocycles. The van der Waals surface area contributed by atoms with Gasteiger partial charge in [-0.25, -0.2) is 0 Å². The highest BCUT2D eigenvalue weighted by Crippen LogP contribution is 2.07. The molecule has 0 amide bonds. The molecule has 6 nitrogen and oxygen atoms in total. The van der Waals surface area contributed by atoms with Gasteiger partial charge in [0.1, 0.15) is 4.99 Å². The van der Waals surface area contributed by atoms with Crippen LogP contribution in [-0.2, 0) is 21.5 Å². The number of nitrogens with zero attached hydrogens (tertiary/aromatic N) is 1. The van der Waals surface area contributed by atoms with Crippen LogP contribution in [0.4, 0.5) is 0 Å². The number of ether oxygens (including phenoxy) is 1. The molecule has 20 heavy (non-hydrogen) atoms. The average molecular weight is 315 g/mol. The molecular weight excluding hydrogens is 298 g/mol. The molecule has 0 aliphatic carbocycles. The molecule has 0 atom stereocenters. The van der Waals surface area contributed by atoms with Crippen molar-refractivity contribution in [2.75, 3.05) is 26.3 Å². The van der Waals surface area contributed by atoms with E-state index in [1.807, 2.05) is 0 Å². The van der Waals surface area contributed by atoms with Crippen LogP contribution in [0.2, 0.25) is 0 Å². The lowest BCUT2D eigenvalue weighted by molar-refractivity contribution is 0.0725. The number of nitrogens with one attached hydrogen (secondary N) is 1. The number of hydrogen-bond donors (Lipinski definition) is 2. The van der Waals surface area contributed by atoms with Gasteiger partial charge in [-0.1, -0.05) is 36.5 Å². The first-order valence-electron chi connectivity index (χ1n) is 6.20. The zero-order chi connectivity index (χ0) is 14.6. The van der Waals surface area contributed by atoms with Crippen molar-refractivity contribution >= 4 is 27.4 Å². The molecule has 110 valence electrons. The molecule has 0 saturated carbocycles. The number of hydrogen-bond acceptors (Lipinski definition) is 4. The molecule has 8 heteroatoms. The molecule has 0 bridgehead atoms. The van der Waals surface area contributed by atoms with E-state index in [1.54, 1.807) is 24.3 Å². The summed E-state index contributed by atoms with van der Waals surface area (Å²) >= 11 is 4.86. The first-order valence-corrected chi connectivity index (χ1v) is 8.05. The van der Waals surface area contributed by atoms with Crippen LogP contribution >= 0.6 is 12.2 Å². The van der Waals surface area contributed by atoms with Crippen molar-refractivity contribution in [2.24, 2.45) is 5.73 Å². The Bertz CT molecular complexity index is 566. The zero-order valence-electron chi connectivity index (χ0n) is 10.9. The highest BCUT2D eigenvalue weighted by atomic mass is 32.2. The lowest BCUT2D eigenvalue weighted by Gasteiger charge is -2.26. The number of morpholine rings is 1. The molecule has 0 radical (unpaired) electrons. The zero-order valence-corrected chi connectivity index (χ0v) is 12.5. The summed E-state index contributed by atoms with van der Waals surface area (Å²) in [5.41, 5.74) is 7.12. The van der Waals surface area contributed by atoms with E-state index in [-0.39, 0.29) is 6.54 Å². The molecule has 3 N–H and O–H groups in total. The van der Waals surface area contributed by atoms with Crippen molar-refractivity contribution in [2.45, 2.75) is 6.54 Å². The molecule has 1 aliphatic rings. The third-order valence-electron chi connectivity index (χ3n) is 3.01. The Hall–Kier alpha value is -1.06. The Balaban J connectivity index is 1.95. The minimum Gasteiger partial charge on any atom is -0.389 e. The predicted molar refractivity (Wildman–Crippen MR) is 80.5 cm³/mol. The molecule has 0 spiro atoms. The minimum atomic E-state index is -3.46. The third kappa shape index (κ3) is 3.97. The van der Waals surface area contributed by atoms with Gasteiger partial charge in [0.25, 0.3) is 10.2 Å².